The Hall–Kier alpha value is -0.220. The summed E-state index contributed by atoms with van der Waals surface area (Å²) < 4.78 is 25.4. The molecule has 1 rings (SSSR count). The van der Waals surface area contributed by atoms with Crippen molar-refractivity contribution in [1.29, 1.82) is 0 Å². The standard InChI is InChI=1S/C8H15F2NO/c1-11-4-2-3-7(11)5-8(9,10)6-12/h7,12H,2-6H2,1H3. The highest BCUT2D eigenvalue weighted by Gasteiger charge is 2.34. The van der Waals surface area contributed by atoms with Crippen molar-refractivity contribution in [3.63, 3.8) is 0 Å². The monoisotopic (exact) mass is 179 g/mol. The van der Waals surface area contributed by atoms with E-state index in [0.717, 1.165) is 19.4 Å². The van der Waals surface area contributed by atoms with Gasteiger partial charge in [0.1, 0.15) is 6.61 Å². The number of nitrogens with zero attached hydrogens (tertiary/aromatic N) is 1. The number of hydrogen-bond acceptors (Lipinski definition) is 2. The van der Waals surface area contributed by atoms with Gasteiger partial charge in [-0.05, 0) is 26.4 Å². The van der Waals surface area contributed by atoms with E-state index in [1.54, 1.807) is 0 Å². The average molecular weight is 179 g/mol. The molecule has 1 N–H and O–H groups in total. The molecule has 1 unspecified atom stereocenters. The molecule has 0 aromatic carbocycles. The van der Waals surface area contributed by atoms with Crippen LogP contribution in [0, 0.1) is 0 Å². The molecule has 1 atom stereocenters. The lowest BCUT2D eigenvalue weighted by Crippen LogP contribution is -2.34. The molecule has 1 heterocycles. The minimum atomic E-state index is -2.90. The van der Waals surface area contributed by atoms with Gasteiger partial charge in [0.05, 0.1) is 0 Å². The maximum Gasteiger partial charge on any atom is 0.272 e. The molecule has 1 fully saturated rings. The molecule has 1 saturated heterocycles. The van der Waals surface area contributed by atoms with E-state index < -0.39 is 12.5 Å². The van der Waals surface area contributed by atoms with E-state index in [9.17, 15) is 8.78 Å². The molecular formula is C8H15F2NO. The van der Waals surface area contributed by atoms with E-state index in [-0.39, 0.29) is 12.5 Å². The Balaban J connectivity index is 2.39. The topological polar surface area (TPSA) is 23.5 Å². The number of aliphatic hydroxyl groups is 1. The molecule has 0 aliphatic carbocycles. The largest absolute Gasteiger partial charge is 0.390 e. The van der Waals surface area contributed by atoms with E-state index in [4.69, 9.17) is 5.11 Å². The summed E-state index contributed by atoms with van der Waals surface area (Å²) in [6.07, 6.45) is 1.61. The highest BCUT2D eigenvalue weighted by Crippen LogP contribution is 2.27. The van der Waals surface area contributed by atoms with Gasteiger partial charge in [-0.1, -0.05) is 0 Å². The number of halogens is 2. The Morgan fingerprint density at radius 3 is 2.67 bits per heavy atom. The fourth-order valence-corrected chi connectivity index (χ4v) is 1.65. The third-order valence-electron chi connectivity index (χ3n) is 2.44. The molecule has 4 heteroatoms. The minimum absolute atomic E-state index is 0.0489. The van der Waals surface area contributed by atoms with Gasteiger partial charge in [0.2, 0.25) is 0 Å². The van der Waals surface area contributed by atoms with Crippen LogP contribution in [0.5, 0.6) is 0 Å². The number of hydrogen-bond donors (Lipinski definition) is 1. The first-order chi connectivity index (χ1) is 5.55. The first-order valence-electron chi connectivity index (χ1n) is 4.24. The molecular weight excluding hydrogens is 164 g/mol. The molecule has 72 valence electrons. The molecule has 1 aliphatic heterocycles. The molecule has 0 aromatic rings. The second kappa shape index (κ2) is 3.66. The maximum atomic E-state index is 12.7. The van der Waals surface area contributed by atoms with E-state index in [1.165, 1.54) is 0 Å². The Bertz CT molecular complexity index is 152. The number of likely N-dealkylation sites (tertiary alicyclic amines) is 1. The Labute approximate surface area is 71.2 Å². The van der Waals surface area contributed by atoms with Gasteiger partial charge in [-0.25, -0.2) is 8.78 Å². The lowest BCUT2D eigenvalue weighted by molar-refractivity contribution is -0.0687. The summed E-state index contributed by atoms with van der Waals surface area (Å²) >= 11 is 0. The predicted octanol–water partition coefficient (Wildman–Crippen LogP) is 1.10. The molecule has 0 spiro atoms. The SMILES string of the molecule is CN1CCCC1CC(F)(F)CO. The molecule has 0 amide bonds. The summed E-state index contributed by atoms with van der Waals surface area (Å²) in [5, 5.41) is 8.37. The lowest BCUT2D eigenvalue weighted by Gasteiger charge is -2.23. The van der Waals surface area contributed by atoms with Crippen LogP contribution in [0.15, 0.2) is 0 Å². The normalized spacial score (nSPS) is 26.5. The summed E-state index contributed by atoms with van der Waals surface area (Å²) in [5.74, 6) is -2.90. The van der Waals surface area contributed by atoms with Gasteiger partial charge in [0.15, 0.2) is 0 Å². The van der Waals surface area contributed by atoms with Gasteiger partial charge in [0.25, 0.3) is 5.92 Å². The van der Waals surface area contributed by atoms with E-state index in [0.29, 0.717) is 0 Å². The van der Waals surface area contributed by atoms with Gasteiger partial charge in [-0.15, -0.1) is 0 Å². The maximum absolute atomic E-state index is 12.7. The molecule has 1 aliphatic rings. The smallest absolute Gasteiger partial charge is 0.272 e. The van der Waals surface area contributed by atoms with Crippen LogP contribution >= 0.6 is 0 Å². The number of alkyl halides is 2. The van der Waals surface area contributed by atoms with Crippen molar-refractivity contribution in [2.24, 2.45) is 0 Å². The summed E-state index contributed by atoms with van der Waals surface area (Å²) in [6.45, 7) is -0.135. The Morgan fingerprint density at radius 2 is 2.25 bits per heavy atom. The zero-order valence-corrected chi connectivity index (χ0v) is 7.26. The van der Waals surface area contributed by atoms with E-state index in [2.05, 4.69) is 0 Å². The van der Waals surface area contributed by atoms with Crippen molar-refractivity contribution in [1.82, 2.24) is 4.90 Å². The van der Waals surface area contributed by atoms with E-state index >= 15 is 0 Å². The van der Waals surface area contributed by atoms with Gasteiger partial charge in [-0.3, -0.25) is 0 Å². The first kappa shape index (κ1) is 9.86. The van der Waals surface area contributed by atoms with Crippen molar-refractivity contribution in [3.8, 4) is 0 Å². The molecule has 0 radical (unpaired) electrons. The van der Waals surface area contributed by atoms with Crippen molar-refractivity contribution < 1.29 is 13.9 Å². The average Bonchev–Trinajstić information content (AvgIpc) is 2.36. The second-order valence-electron chi connectivity index (χ2n) is 3.49. The molecule has 0 aromatic heterocycles. The van der Waals surface area contributed by atoms with Crippen LogP contribution in [0.2, 0.25) is 0 Å². The number of aliphatic hydroxyl groups excluding tert-OH is 1. The van der Waals surface area contributed by atoms with Gasteiger partial charge in [-0.2, -0.15) is 0 Å². The Kier molecular flexibility index (Phi) is 3.01. The zero-order valence-electron chi connectivity index (χ0n) is 7.26. The third-order valence-corrected chi connectivity index (χ3v) is 2.44. The van der Waals surface area contributed by atoms with Crippen molar-refractivity contribution >= 4 is 0 Å². The van der Waals surface area contributed by atoms with Crippen LogP contribution in [0.25, 0.3) is 0 Å². The summed E-state index contributed by atoms with van der Waals surface area (Å²) in [4.78, 5) is 1.93. The summed E-state index contributed by atoms with van der Waals surface area (Å²) in [5.41, 5.74) is 0. The molecule has 12 heavy (non-hydrogen) atoms. The van der Waals surface area contributed by atoms with Crippen LogP contribution < -0.4 is 0 Å². The van der Waals surface area contributed by atoms with Crippen LogP contribution in [-0.2, 0) is 0 Å². The van der Waals surface area contributed by atoms with Crippen molar-refractivity contribution in [3.05, 3.63) is 0 Å². The second-order valence-corrected chi connectivity index (χ2v) is 3.49. The quantitative estimate of drug-likeness (QED) is 0.701. The van der Waals surface area contributed by atoms with Gasteiger partial charge in [0, 0.05) is 12.5 Å². The summed E-state index contributed by atoms with van der Waals surface area (Å²) in [6, 6.07) is -0.0489. The lowest BCUT2D eigenvalue weighted by atomic mass is 10.1. The van der Waals surface area contributed by atoms with Crippen LogP contribution in [0.3, 0.4) is 0 Å². The minimum Gasteiger partial charge on any atom is -0.390 e. The highest BCUT2D eigenvalue weighted by atomic mass is 19.3. The van der Waals surface area contributed by atoms with Gasteiger partial charge >= 0.3 is 0 Å². The fourth-order valence-electron chi connectivity index (χ4n) is 1.65. The van der Waals surface area contributed by atoms with E-state index in [1.807, 2.05) is 11.9 Å². The van der Waals surface area contributed by atoms with Crippen molar-refractivity contribution in [2.45, 2.75) is 31.2 Å². The third kappa shape index (κ3) is 2.38. The van der Waals surface area contributed by atoms with Crippen LogP contribution in [0.4, 0.5) is 8.78 Å². The predicted molar refractivity (Wildman–Crippen MR) is 42.3 cm³/mol. The van der Waals surface area contributed by atoms with Crippen LogP contribution in [-0.4, -0.2) is 42.2 Å². The molecule has 2 nitrogen and oxygen atoms in total. The van der Waals surface area contributed by atoms with Crippen molar-refractivity contribution in [2.75, 3.05) is 20.2 Å². The highest BCUT2D eigenvalue weighted by molar-refractivity contribution is 4.81. The fraction of sp³-hybridized carbons (Fsp3) is 1.00. The van der Waals surface area contributed by atoms with Crippen LogP contribution in [0.1, 0.15) is 19.3 Å². The number of rotatable bonds is 3. The zero-order chi connectivity index (χ0) is 9.19. The molecule has 0 bridgehead atoms. The Morgan fingerprint density at radius 1 is 1.58 bits per heavy atom. The molecule has 0 saturated carbocycles. The first-order valence-corrected chi connectivity index (χ1v) is 4.24. The summed E-state index contributed by atoms with van der Waals surface area (Å²) in [7, 11) is 1.85. The van der Waals surface area contributed by atoms with Gasteiger partial charge < -0.3 is 10.0 Å².